The molecule has 0 bridgehead atoms. The zero-order chi connectivity index (χ0) is 25.9. The standard InChI is InChI=1S/C10H13N7O16/c1-8(11(18)19,12(20)21)2-6(3-10(15(26)27,16(28)29)17(30)31)7-32-4-9(5-33-7,13(22)23)14(24)25/h6-7H,2-5H2,1H3. The fourth-order valence-corrected chi connectivity index (χ4v) is 2.82. The zero-order valence-electron chi connectivity index (χ0n) is 16.1. The number of nitro groups is 7. The molecule has 1 rings (SSSR count). The van der Waals surface area contributed by atoms with Crippen LogP contribution in [0.25, 0.3) is 0 Å². The van der Waals surface area contributed by atoms with Crippen LogP contribution in [0.1, 0.15) is 19.8 Å². The van der Waals surface area contributed by atoms with Crippen molar-refractivity contribution >= 4 is 0 Å². The third-order valence-corrected chi connectivity index (χ3v) is 4.87. The van der Waals surface area contributed by atoms with Crippen molar-refractivity contribution in [2.45, 2.75) is 43.2 Å². The van der Waals surface area contributed by atoms with Crippen molar-refractivity contribution in [3.05, 3.63) is 70.8 Å². The molecule has 23 nitrogen and oxygen atoms in total. The average molecular weight is 487 g/mol. The Labute approximate surface area is 178 Å². The van der Waals surface area contributed by atoms with E-state index in [-0.39, 0.29) is 0 Å². The fourth-order valence-electron chi connectivity index (χ4n) is 2.82. The zero-order valence-corrected chi connectivity index (χ0v) is 16.1. The van der Waals surface area contributed by atoms with Crippen LogP contribution in [0.4, 0.5) is 0 Å². The summed E-state index contributed by atoms with van der Waals surface area (Å²) in [6, 6.07) is 0. The van der Waals surface area contributed by atoms with Gasteiger partial charge in [0.15, 0.2) is 40.7 Å². The van der Waals surface area contributed by atoms with Crippen LogP contribution in [0, 0.1) is 76.7 Å². The minimum Gasteiger partial charge on any atom is -0.337 e. The summed E-state index contributed by atoms with van der Waals surface area (Å²) in [5, 5.41) is 78.3. The van der Waals surface area contributed by atoms with E-state index in [1.807, 2.05) is 0 Å². The van der Waals surface area contributed by atoms with Crippen molar-refractivity contribution in [1.82, 2.24) is 0 Å². The summed E-state index contributed by atoms with van der Waals surface area (Å²) in [4.78, 5) is 66.6. The first kappa shape index (κ1) is 26.8. The van der Waals surface area contributed by atoms with Crippen LogP contribution >= 0.6 is 0 Å². The molecule has 0 amide bonds. The minimum atomic E-state index is -4.27. The molecule has 33 heavy (non-hydrogen) atoms. The highest BCUT2D eigenvalue weighted by atomic mass is 16.8. The van der Waals surface area contributed by atoms with Crippen molar-refractivity contribution in [1.29, 1.82) is 0 Å². The molecule has 23 heteroatoms. The second-order valence-corrected chi connectivity index (χ2v) is 6.93. The van der Waals surface area contributed by atoms with Crippen LogP contribution in [0.3, 0.4) is 0 Å². The number of nitrogens with zero attached hydrogens (tertiary/aromatic N) is 7. The van der Waals surface area contributed by atoms with Gasteiger partial charge in [-0.3, -0.25) is 70.8 Å². The van der Waals surface area contributed by atoms with Gasteiger partial charge in [-0.1, -0.05) is 0 Å². The molecule has 1 saturated heterocycles. The van der Waals surface area contributed by atoms with Gasteiger partial charge in [-0.15, -0.1) is 0 Å². The topological polar surface area (TPSA) is 320 Å². The third-order valence-electron chi connectivity index (χ3n) is 4.87. The highest BCUT2D eigenvalue weighted by Gasteiger charge is 2.73. The smallest absolute Gasteiger partial charge is 0.337 e. The lowest BCUT2D eigenvalue weighted by molar-refractivity contribution is -0.971. The number of rotatable bonds is 12. The maximum atomic E-state index is 11.2. The van der Waals surface area contributed by atoms with Crippen LogP contribution in [-0.4, -0.2) is 71.1 Å². The quantitative estimate of drug-likeness (QED) is 0.176. The van der Waals surface area contributed by atoms with Gasteiger partial charge in [-0.05, 0) is 0 Å². The maximum Gasteiger partial charge on any atom is 0.700 e. The molecule has 0 saturated carbocycles. The molecule has 1 aliphatic heterocycles. The van der Waals surface area contributed by atoms with Crippen molar-refractivity contribution in [2.75, 3.05) is 13.2 Å². The Kier molecular flexibility index (Phi) is 7.35. The summed E-state index contributed by atoms with van der Waals surface area (Å²) in [6.07, 6.45) is -5.58. The van der Waals surface area contributed by atoms with E-state index in [9.17, 15) is 70.8 Å². The Morgan fingerprint density at radius 2 is 1.09 bits per heavy atom. The summed E-state index contributed by atoms with van der Waals surface area (Å²) < 4.78 is 9.50. The van der Waals surface area contributed by atoms with E-state index in [0.29, 0.717) is 6.92 Å². The van der Waals surface area contributed by atoms with Crippen molar-refractivity contribution in [3.8, 4) is 0 Å². The molecule has 184 valence electrons. The van der Waals surface area contributed by atoms with E-state index < -0.39 is 89.8 Å². The molecule has 1 atom stereocenters. The van der Waals surface area contributed by atoms with Crippen molar-refractivity contribution in [2.24, 2.45) is 5.92 Å². The van der Waals surface area contributed by atoms with Gasteiger partial charge < -0.3 is 9.47 Å². The van der Waals surface area contributed by atoms with Gasteiger partial charge in [-0.2, -0.15) is 0 Å². The molecule has 1 fully saturated rings. The monoisotopic (exact) mass is 487 g/mol. The van der Waals surface area contributed by atoms with Gasteiger partial charge in [0, 0.05) is 5.92 Å². The van der Waals surface area contributed by atoms with Crippen LogP contribution in [0.5, 0.6) is 0 Å². The number of ether oxygens (including phenoxy) is 2. The van der Waals surface area contributed by atoms with Gasteiger partial charge >= 0.3 is 17.1 Å². The highest BCUT2D eigenvalue weighted by molar-refractivity contribution is 4.80. The molecule has 0 N–H and O–H groups in total. The van der Waals surface area contributed by atoms with Gasteiger partial charge in [0.05, 0.1) is 23.2 Å². The fraction of sp³-hybridized carbons (Fsp3) is 1.00. The van der Waals surface area contributed by atoms with Gasteiger partial charge in [-0.25, -0.2) is 0 Å². The molecule has 0 aromatic rings. The summed E-state index contributed by atoms with van der Waals surface area (Å²) in [6.45, 7) is -2.47. The molecule has 0 aromatic heterocycles. The van der Waals surface area contributed by atoms with Crippen LogP contribution in [-0.2, 0) is 9.47 Å². The SMILES string of the molecule is CC(CC(CC([N+](=O)[O-])([N+](=O)[O-])[N+](=O)[O-])C1OCC([N+](=O)[O-])([N+](=O)[O-])CO1)([N+](=O)[O-])[N+](=O)[O-]. The molecule has 0 aromatic carbocycles. The molecule has 1 unspecified atom stereocenters. The van der Waals surface area contributed by atoms with E-state index in [0.717, 1.165) is 0 Å². The van der Waals surface area contributed by atoms with Crippen LogP contribution in [0.15, 0.2) is 0 Å². The van der Waals surface area contributed by atoms with E-state index in [1.165, 1.54) is 0 Å². The number of hydrogen-bond donors (Lipinski definition) is 0. The van der Waals surface area contributed by atoms with Gasteiger partial charge in [0.25, 0.3) is 0 Å². The Morgan fingerprint density at radius 1 is 0.727 bits per heavy atom. The molecular weight excluding hydrogens is 474 g/mol. The molecule has 0 radical (unpaired) electrons. The summed E-state index contributed by atoms with van der Waals surface area (Å²) >= 11 is 0. The average Bonchev–Trinajstić information content (AvgIpc) is 2.69. The Morgan fingerprint density at radius 3 is 1.36 bits per heavy atom. The summed E-state index contributed by atoms with van der Waals surface area (Å²) in [7, 11) is 0. The Bertz CT molecular complexity index is 830. The van der Waals surface area contributed by atoms with E-state index >= 15 is 0 Å². The summed E-state index contributed by atoms with van der Waals surface area (Å²) in [5.74, 6) is -6.52. The highest BCUT2D eigenvalue weighted by Crippen LogP contribution is 2.36. The van der Waals surface area contributed by atoms with Crippen molar-refractivity contribution < 1.29 is 43.9 Å². The molecule has 0 aliphatic carbocycles. The predicted octanol–water partition coefficient (Wildman–Crippen LogP) is -1.24. The Hall–Kier alpha value is -4.28. The molecular formula is C10H13N7O16. The van der Waals surface area contributed by atoms with E-state index in [2.05, 4.69) is 0 Å². The van der Waals surface area contributed by atoms with E-state index in [4.69, 9.17) is 9.47 Å². The van der Waals surface area contributed by atoms with Crippen LogP contribution < -0.4 is 0 Å². The molecule has 0 spiro atoms. The first-order valence-corrected chi connectivity index (χ1v) is 8.23. The first-order chi connectivity index (χ1) is 15.0. The lowest BCUT2D eigenvalue weighted by Gasteiger charge is -2.32. The first-order valence-electron chi connectivity index (χ1n) is 8.23. The minimum absolute atomic E-state index is 0.382. The molecule has 1 aliphatic rings. The maximum absolute atomic E-state index is 11.2. The number of hydrogen-bond acceptors (Lipinski definition) is 16. The van der Waals surface area contributed by atoms with E-state index in [1.54, 1.807) is 0 Å². The second kappa shape index (κ2) is 9.07. The third kappa shape index (κ3) is 4.52. The Balaban J connectivity index is 3.51. The van der Waals surface area contributed by atoms with Crippen molar-refractivity contribution in [3.63, 3.8) is 0 Å². The lowest BCUT2D eigenvalue weighted by atomic mass is 9.89. The second-order valence-electron chi connectivity index (χ2n) is 6.93. The normalized spacial score (nSPS) is 17.5. The van der Waals surface area contributed by atoms with Crippen LogP contribution in [0.2, 0.25) is 0 Å². The molecule has 1 heterocycles. The largest absolute Gasteiger partial charge is 0.700 e. The van der Waals surface area contributed by atoms with Gasteiger partial charge in [0.2, 0.25) is 0 Å². The summed E-state index contributed by atoms with van der Waals surface area (Å²) in [5.41, 5.74) is -6.34. The predicted molar refractivity (Wildman–Crippen MR) is 91.2 cm³/mol. The lowest BCUT2D eigenvalue weighted by Crippen LogP contribution is -2.61. The van der Waals surface area contributed by atoms with Gasteiger partial charge in [0.1, 0.15) is 9.85 Å².